The predicted molar refractivity (Wildman–Crippen MR) is 162 cm³/mol. The minimum Gasteiger partial charge on any atom is -0.485 e. The Morgan fingerprint density at radius 1 is 0.533 bits per heavy atom. The summed E-state index contributed by atoms with van der Waals surface area (Å²) in [5.74, 6) is -0.859. The molecular formula is C34H27F5O5S. The lowest BCUT2D eigenvalue weighted by atomic mass is 10.1. The molecule has 0 aliphatic heterocycles. The van der Waals surface area contributed by atoms with Gasteiger partial charge in [0.15, 0.2) is 11.5 Å². The van der Waals surface area contributed by atoms with Crippen molar-refractivity contribution in [2.45, 2.75) is 24.7 Å². The minimum absolute atomic E-state index is 0.0787. The standard InChI is InChI=1S/C34H27F5O5S/c35-45(36,37,38,39)30-18-16-29(17-19-30)44-34(40)28-20-31(41-22-25-10-4-1-5-11-25)33(43-24-27-14-8-3-9-15-27)32(21-28)42-23-26-12-6-2-7-13-26/h1-21H,22-24H2. The Balaban J connectivity index is 1.48. The molecule has 0 fully saturated rings. The molecule has 5 nitrogen and oxygen atoms in total. The van der Waals surface area contributed by atoms with E-state index in [1.807, 2.05) is 91.0 Å². The van der Waals surface area contributed by atoms with Crippen LogP contribution in [0.1, 0.15) is 27.0 Å². The highest BCUT2D eigenvalue weighted by Crippen LogP contribution is 3.02. The van der Waals surface area contributed by atoms with E-state index < -0.39 is 21.1 Å². The fourth-order valence-corrected chi connectivity index (χ4v) is 4.83. The van der Waals surface area contributed by atoms with Crippen molar-refractivity contribution in [3.63, 3.8) is 0 Å². The van der Waals surface area contributed by atoms with E-state index in [1.165, 1.54) is 12.1 Å². The van der Waals surface area contributed by atoms with Crippen molar-refractivity contribution in [1.82, 2.24) is 0 Å². The topological polar surface area (TPSA) is 54.0 Å². The quantitative estimate of drug-likeness (QED) is 0.0770. The van der Waals surface area contributed by atoms with E-state index in [1.54, 1.807) is 0 Å². The smallest absolute Gasteiger partial charge is 0.343 e. The van der Waals surface area contributed by atoms with Crippen LogP contribution in [0, 0.1) is 0 Å². The van der Waals surface area contributed by atoms with Gasteiger partial charge in [0.1, 0.15) is 30.5 Å². The predicted octanol–water partition coefficient (Wildman–Crippen LogP) is 10.3. The van der Waals surface area contributed by atoms with Crippen molar-refractivity contribution in [1.29, 1.82) is 0 Å². The van der Waals surface area contributed by atoms with Gasteiger partial charge in [0.25, 0.3) is 0 Å². The molecule has 0 aliphatic carbocycles. The highest BCUT2D eigenvalue weighted by molar-refractivity contribution is 8.45. The van der Waals surface area contributed by atoms with Gasteiger partial charge >= 0.3 is 16.2 Å². The van der Waals surface area contributed by atoms with Crippen LogP contribution in [0.3, 0.4) is 0 Å². The molecule has 0 heterocycles. The van der Waals surface area contributed by atoms with Crippen molar-refractivity contribution in [2.75, 3.05) is 0 Å². The average Bonchev–Trinajstić information content (AvgIpc) is 3.02. The van der Waals surface area contributed by atoms with Crippen LogP contribution in [0.15, 0.2) is 132 Å². The van der Waals surface area contributed by atoms with Gasteiger partial charge in [-0.25, -0.2) is 4.79 Å². The molecule has 5 aromatic rings. The zero-order valence-corrected chi connectivity index (χ0v) is 24.4. The van der Waals surface area contributed by atoms with E-state index in [0.717, 1.165) is 16.7 Å². The molecule has 0 unspecified atom stereocenters. The third kappa shape index (κ3) is 8.76. The summed E-state index contributed by atoms with van der Waals surface area (Å²) >= 11 is 0. The summed E-state index contributed by atoms with van der Waals surface area (Å²) in [5, 5.41) is 0. The second-order valence-corrected chi connectivity index (χ2v) is 12.4. The number of carbonyl (C=O) groups is 1. The highest BCUT2D eigenvalue weighted by Gasteiger charge is 2.65. The maximum atomic E-state index is 13.2. The summed E-state index contributed by atoms with van der Waals surface area (Å²) < 4.78 is 89.4. The average molecular weight is 643 g/mol. The molecule has 0 radical (unpaired) electrons. The zero-order valence-electron chi connectivity index (χ0n) is 23.6. The molecule has 0 aromatic heterocycles. The number of ether oxygens (including phenoxy) is 4. The number of halogens is 5. The fourth-order valence-electron chi connectivity index (χ4n) is 4.18. The third-order valence-corrected chi connectivity index (χ3v) is 7.60. The van der Waals surface area contributed by atoms with E-state index in [2.05, 4.69) is 0 Å². The zero-order chi connectivity index (χ0) is 32.0. The van der Waals surface area contributed by atoms with Crippen molar-refractivity contribution in [3.05, 3.63) is 150 Å². The summed E-state index contributed by atoms with van der Waals surface area (Å²) in [6.07, 6.45) is 0. The van der Waals surface area contributed by atoms with Gasteiger partial charge in [-0.1, -0.05) is 110 Å². The lowest BCUT2D eigenvalue weighted by molar-refractivity contribution is 0.0733. The van der Waals surface area contributed by atoms with Crippen LogP contribution in [0.5, 0.6) is 23.0 Å². The number of hydrogen-bond donors (Lipinski definition) is 0. The van der Waals surface area contributed by atoms with Crippen molar-refractivity contribution >= 4 is 16.2 Å². The molecule has 5 rings (SSSR count). The van der Waals surface area contributed by atoms with Gasteiger partial charge in [-0.3, -0.25) is 0 Å². The molecule has 11 heteroatoms. The number of benzene rings is 5. The minimum atomic E-state index is -9.89. The number of esters is 1. The molecular weight excluding hydrogens is 615 g/mol. The van der Waals surface area contributed by atoms with Crippen LogP contribution in [-0.2, 0) is 19.8 Å². The molecule has 0 saturated carbocycles. The Labute approximate surface area is 256 Å². The van der Waals surface area contributed by atoms with Crippen molar-refractivity contribution < 1.29 is 43.2 Å². The SMILES string of the molecule is O=C(Oc1ccc(S(F)(F)(F)(F)F)cc1)c1cc(OCc2ccccc2)c(OCc2ccccc2)c(OCc2ccccc2)c1. The molecule has 5 aromatic carbocycles. The van der Waals surface area contributed by atoms with E-state index in [9.17, 15) is 24.2 Å². The number of hydrogen-bond acceptors (Lipinski definition) is 5. The second-order valence-electron chi connectivity index (χ2n) is 9.95. The first-order valence-electron chi connectivity index (χ1n) is 13.6. The lowest BCUT2D eigenvalue weighted by Gasteiger charge is -2.40. The van der Waals surface area contributed by atoms with Crippen molar-refractivity contribution in [3.8, 4) is 23.0 Å². The first-order valence-corrected chi connectivity index (χ1v) is 15.5. The van der Waals surface area contributed by atoms with Gasteiger partial charge in [0.2, 0.25) is 5.75 Å². The maximum absolute atomic E-state index is 13.2. The van der Waals surface area contributed by atoms with E-state index in [0.29, 0.717) is 12.1 Å². The normalized spacial score (nSPS) is 12.8. The largest absolute Gasteiger partial charge is 0.485 e. The summed E-state index contributed by atoms with van der Waals surface area (Å²) in [4.78, 5) is 11.1. The van der Waals surface area contributed by atoms with Gasteiger partial charge in [-0.05, 0) is 53.1 Å². The van der Waals surface area contributed by atoms with E-state index in [4.69, 9.17) is 18.9 Å². The summed E-state index contributed by atoms with van der Waals surface area (Å²) in [7, 11) is -9.89. The molecule has 0 bridgehead atoms. The van der Waals surface area contributed by atoms with Crippen LogP contribution in [0.4, 0.5) is 19.4 Å². The van der Waals surface area contributed by atoms with Crippen LogP contribution >= 0.6 is 10.2 Å². The molecule has 0 amide bonds. The molecule has 234 valence electrons. The highest BCUT2D eigenvalue weighted by atomic mass is 32.5. The fraction of sp³-hybridized carbons (Fsp3) is 0.0882. The molecule has 0 saturated heterocycles. The summed E-state index contributed by atoms with van der Waals surface area (Å²) in [6, 6.07) is 32.2. The van der Waals surface area contributed by atoms with E-state index >= 15 is 0 Å². The van der Waals surface area contributed by atoms with Crippen LogP contribution < -0.4 is 18.9 Å². The Morgan fingerprint density at radius 2 is 0.933 bits per heavy atom. The molecule has 0 spiro atoms. The Morgan fingerprint density at radius 3 is 1.33 bits per heavy atom. The summed E-state index contributed by atoms with van der Waals surface area (Å²) in [6.45, 7) is 0.358. The maximum Gasteiger partial charge on any atom is 0.343 e. The Bertz CT molecular complexity index is 1690. The van der Waals surface area contributed by atoms with E-state index in [-0.39, 0.29) is 60.5 Å². The lowest BCUT2D eigenvalue weighted by Crippen LogP contribution is -2.11. The first kappa shape index (κ1) is 31.4. The molecule has 0 N–H and O–H groups in total. The van der Waals surface area contributed by atoms with Crippen molar-refractivity contribution in [2.24, 2.45) is 0 Å². The van der Waals surface area contributed by atoms with Gasteiger partial charge in [-0.15, -0.1) is 0 Å². The second kappa shape index (κ2) is 12.2. The Kier molecular flexibility index (Phi) is 8.48. The van der Waals surface area contributed by atoms with Gasteiger partial charge in [-0.2, -0.15) is 0 Å². The molecule has 45 heavy (non-hydrogen) atoms. The van der Waals surface area contributed by atoms with Gasteiger partial charge in [0.05, 0.1) is 5.56 Å². The monoisotopic (exact) mass is 642 g/mol. The number of rotatable bonds is 12. The van der Waals surface area contributed by atoms with Gasteiger partial charge < -0.3 is 18.9 Å². The molecule has 0 atom stereocenters. The van der Waals surface area contributed by atoms with Gasteiger partial charge in [0, 0.05) is 0 Å². The molecule has 0 aliphatic rings. The first-order chi connectivity index (χ1) is 21.3. The van der Waals surface area contributed by atoms with Crippen LogP contribution in [-0.4, -0.2) is 5.97 Å². The van der Waals surface area contributed by atoms with Crippen LogP contribution in [0.2, 0.25) is 0 Å². The summed E-state index contributed by atoms with van der Waals surface area (Å²) in [5.41, 5.74) is 2.44. The third-order valence-electron chi connectivity index (χ3n) is 6.44. The number of carbonyl (C=O) groups excluding carboxylic acids is 1. The van der Waals surface area contributed by atoms with Crippen LogP contribution in [0.25, 0.3) is 0 Å². The Hall–Kier alpha value is -5.03.